The maximum absolute atomic E-state index is 12.8. The normalized spacial score (nSPS) is 17.6. The van der Waals surface area contributed by atoms with E-state index in [-0.39, 0.29) is 30.6 Å². The quantitative estimate of drug-likeness (QED) is 0.0809. The summed E-state index contributed by atoms with van der Waals surface area (Å²) in [6.45, 7) is 1.52. The van der Waals surface area contributed by atoms with Gasteiger partial charge in [-0.05, 0) is 60.8 Å². The van der Waals surface area contributed by atoms with E-state index in [9.17, 15) is 14.7 Å². The number of aliphatic hydroxyl groups is 1. The molecule has 3 atom stereocenters. The molecule has 1 aliphatic heterocycles. The Morgan fingerprint density at radius 2 is 1.50 bits per heavy atom. The van der Waals surface area contributed by atoms with Crippen molar-refractivity contribution in [3.63, 3.8) is 0 Å². The maximum Gasteiger partial charge on any atom is 0.224 e. The van der Waals surface area contributed by atoms with Gasteiger partial charge in [-0.2, -0.15) is 0 Å². The van der Waals surface area contributed by atoms with E-state index >= 15 is 0 Å². The van der Waals surface area contributed by atoms with Gasteiger partial charge in [0.25, 0.3) is 0 Å². The number of nitrogens with two attached hydrogens (primary N) is 1. The number of aliphatic hydroxyl groups excluding tert-OH is 1. The number of carbonyl (C=O) groups excluding carboxylic acids is 2. The Labute approximate surface area is 283 Å². The van der Waals surface area contributed by atoms with E-state index in [4.69, 9.17) is 15.2 Å². The molecule has 5 rings (SSSR count). The molecule has 1 saturated heterocycles. The van der Waals surface area contributed by atoms with E-state index < -0.39 is 6.29 Å². The van der Waals surface area contributed by atoms with Crippen molar-refractivity contribution in [2.75, 3.05) is 30.0 Å². The Hall–Kier alpha value is -4.54. The van der Waals surface area contributed by atoms with E-state index in [0.29, 0.717) is 49.2 Å². The maximum atomic E-state index is 12.8. The molecule has 3 unspecified atom stereocenters. The first-order chi connectivity index (χ1) is 23.4. The standard InChI is InChI=1S/C39H46N4O5/c1-43(25-28-11-4-2-5-12-28)26-33-24-36(30-21-19-29(27-44)20-22-30)48-39(47-33)31-13-10-14-32(23-31)41-37(45)17-6-3-7-18-38(46)42-35-16-9-8-15-34(35)40/h2,4-5,8-16,19-23,33,36,39,44H,3,6-7,17-18,24-27,40H2,1H3,(H,41,45)(H,42,46). The van der Waals surface area contributed by atoms with Crippen molar-refractivity contribution in [3.8, 4) is 0 Å². The molecule has 5 N–H and O–H groups in total. The van der Waals surface area contributed by atoms with Crippen molar-refractivity contribution in [1.29, 1.82) is 0 Å². The number of ether oxygens (including phenoxy) is 2. The van der Waals surface area contributed by atoms with Crippen LogP contribution in [0.5, 0.6) is 0 Å². The Morgan fingerprint density at radius 1 is 0.792 bits per heavy atom. The average molecular weight is 651 g/mol. The van der Waals surface area contributed by atoms with Gasteiger partial charge in [0.05, 0.1) is 30.2 Å². The van der Waals surface area contributed by atoms with Crippen LogP contribution in [0.3, 0.4) is 0 Å². The fraction of sp³-hybridized carbons (Fsp3) is 0.333. The zero-order valence-corrected chi connectivity index (χ0v) is 27.5. The van der Waals surface area contributed by atoms with E-state index in [1.807, 2.05) is 78.9 Å². The predicted octanol–water partition coefficient (Wildman–Crippen LogP) is 6.97. The Balaban J connectivity index is 1.15. The summed E-state index contributed by atoms with van der Waals surface area (Å²) in [5.74, 6) is -0.169. The van der Waals surface area contributed by atoms with Gasteiger partial charge in [0, 0.05) is 43.6 Å². The van der Waals surface area contributed by atoms with Crippen LogP contribution in [0.4, 0.5) is 17.1 Å². The van der Waals surface area contributed by atoms with Crippen molar-refractivity contribution >= 4 is 28.9 Å². The Kier molecular flexibility index (Phi) is 12.7. The van der Waals surface area contributed by atoms with Crippen LogP contribution in [0, 0.1) is 0 Å². The first kappa shape index (κ1) is 34.8. The number of nitrogens with zero attached hydrogens (tertiary/aromatic N) is 1. The molecule has 4 aromatic rings. The largest absolute Gasteiger partial charge is 0.397 e. The van der Waals surface area contributed by atoms with Gasteiger partial charge in [-0.15, -0.1) is 0 Å². The number of hydrogen-bond acceptors (Lipinski definition) is 7. The predicted molar refractivity (Wildman–Crippen MR) is 189 cm³/mol. The topological polar surface area (TPSA) is 126 Å². The Morgan fingerprint density at radius 3 is 2.23 bits per heavy atom. The smallest absolute Gasteiger partial charge is 0.224 e. The van der Waals surface area contributed by atoms with Gasteiger partial charge in [0.2, 0.25) is 11.8 Å². The summed E-state index contributed by atoms with van der Waals surface area (Å²) in [4.78, 5) is 27.3. The highest BCUT2D eigenvalue weighted by molar-refractivity contribution is 5.93. The van der Waals surface area contributed by atoms with E-state index in [0.717, 1.165) is 36.2 Å². The molecule has 1 fully saturated rings. The summed E-state index contributed by atoms with van der Waals surface area (Å²) in [5, 5.41) is 15.4. The lowest BCUT2D eigenvalue weighted by molar-refractivity contribution is -0.252. The van der Waals surface area contributed by atoms with Crippen molar-refractivity contribution in [2.24, 2.45) is 0 Å². The zero-order valence-electron chi connectivity index (χ0n) is 27.5. The minimum atomic E-state index is -0.620. The summed E-state index contributed by atoms with van der Waals surface area (Å²) in [7, 11) is 2.10. The number of carbonyl (C=O) groups is 2. The summed E-state index contributed by atoms with van der Waals surface area (Å²) in [5.41, 5.74) is 11.7. The third-order valence-corrected chi connectivity index (χ3v) is 8.41. The van der Waals surface area contributed by atoms with Crippen LogP contribution < -0.4 is 16.4 Å². The second-order valence-electron chi connectivity index (χ2n) is 12.4. The van der Waals surface area contributed by atoms with E-state index in [2.05, 4.69) is 34.7 Å². The van der Waals surface area contributed by atoms with Gasteiger partial charge in [0.1, 0.15) is 0 Å². The highest BCUT2D eigenvalue weighted by Crippen LogP contribution is 2.38. The molecule has 0 aromatic heterocycles. The van der Waals surface area contributed by atoms with E-state index in [1.54, 1.807) is 12.1 Å². The molecule has 4 aromatic carbocycles. The number of unbranched alkanes of at least 4 members (excludes halogenated alkanes) is 2. The van der Waals surface area contributed by atoms with Crippen LogP contribution in [0.1, 0.15) is 73.2 Å². The third kappa shape index (κ3) is 10.5. The fourth-order valence-corrected chi connectivity index (χ4v) is 5.90. The van der Waals surface area contributed by atoms with Gasteiger partial charge in [-0.3, -0.25) is 14.5 Å². The molecule has 9 heteroatoms. The molecule has 0 bridgehead atoms. The number of anilines is 3. The molecule has 252 valence electrons. The molecule has 0 spiro atoms. The molecule has 0 radical (unpaired) electrons. The van der Waals surface area contributed by atoms with Gasteiger partial charge in [0.15, 0.2) is 6.29 Å². The average Bonchev–Trinajstić information content (AvgIpc) is 3.09. The van der Waals surface area contributed by atoms with Gasteiger partial charge in [-0.25, -0.2) is 0 Å². The lowest BCUT2D eigenvalue weighted by atomic mass is 9.99. The minimum absolute atomic E-state index is 0.00913. The molecule has 9 nitrogen and oxygen atoms in total. The van der Waals surface area contributed by atoms with Gasteiger partial charge >= 0.3 is 0 Å². The van der Waals surface area contributed by atoms with Crippen LogP contribution in [0.15, 0.2) is 103 Å². The second kappa shape index (κ2) is 17.6. The molecular formula is C39H46N4O5. The molecule has 0 saturated carbocycles. The SMILES string of the molecule is CN(Cc1ccccc1)CC1CC(c2ccc(CO)cc2)OC(c2cccc(NC(=O)CCCCCC(=O)Nc3ccccc3N)c2)O1. The highest BCUT2D eigenvalue weighted by atomic mass is 16.7. The van der Waals surface area contributed by atoms with Gasteiger partial charge < -0.3 is 30.9 Å². The van der Waals surface area contributed by atoms with Crippen molar-refractivity contribution in [1.82, 2.24) is 4.90 Å². The number of nitrogen functional groups attached to an aromatic ring is 1. The van der Waals surface area contributed by atoms with Crippen LogP contribution in [0.25, 0.3) is 0 Å². The third-order valence-electron chi connectivity index (χ3n) is 8.41. The monoisotopic (exact) mass is 650 g/mol. The number of amides is 2. The summed E-state index contributed by atoms with van der Waals surface area (Å²) >= 11 is 0. The zero-order chi connectivity index (χ0) is 33.7. The first-order valence-electron chi connectivity index (χ1n) is 16.6. The molecule has 2 amide bonds. The number of rotatable bonds is 15. The summed E-state index contributed by atoms with van der Waals surface area (Å²) in [6, 6.07) is 33.0. The molecule has 0 aliphatic carbocycles. The van der Waals surface area contributed by atoms with Crippen LogP contribution in [0.2, 0.25) is 0 Å². The van der Waals surface area contributed by atoms with E-state index in [1.165, 1.54) is 5.56 Å². The number of likely N-dealkylation sites (N-methyl/N-ethyl adjacent to an activating group) is 1. The molecular weight excluding hydrogens is 604 g/mol. The van der Waals surface area contributed by atoms with Crippen molar-refractivity contribution < 1.29 is 24.2 Å². The van der Waals surface area contributed by atoms with Gasteiger partial charge in [-0.1, -0.05) is 85.3 Å². The summed E-state index contributed by atoms with van der Waals surface area (Å²) in [6.07, 6.45) is 2.62. The summed E-state index contributed by atoms with van der Waals surface area (Å²) < 4.78 is 13.1. The lowest BCUT2D eigenvalue weighted by Gasteiger charge is -2.38. The minimum Gasteiger partial charge on any atom is -0.397 e. The number of nitrogens with one attached hydrogen (secondary N) is 2. The fourth-order valence-electron chi connectivity index (χ4n) is 5.90. The van der Waals surface area contributed by atoms with Crippen molar-refractivity contribution in [2.45, 2.75) is 70.2 Å². The molecule has 48 heavy (non-hydrogen) atoms. The highest BCUT2D eigenvalue weighted by Gasteiger charge is 2.33. The number of para-hydroxylation sites is 2. The lowest BCUT2D eigenvalue weighted by Crippen LogP contribution is -2.37. The second-order valence-corrected chi connectivity index (χ2v) is 12.4. The van der Waals surface area contributed by atoms with Crippen LogP contribution in [-0.2, 0) is 32.2 Å². The van der Waals surface area contributed by atoms with Crippen LogP contribution >= 0.6 is 0 Å². The molecule has 1 aliphatic rings. The van der Waals surface area contributed by atoms with Crippen LogP contribution in [-0.4, -0.2) is 41.5 Å². The number of benzene rings is 4. The number of hydrogen-bond donors (Lipinski definition) is 4. The first-order valence-corrected chi connectivity index (χ1v) is 16.6. The molecule has 1 heterocycles. The Bertz CT molecular complexity index is 1610. The van der Waals surface area contributed by atoms with Crippen molar-refractivity contribution in [3.05, 3.63) is 125 Å².